The van der Waals surface area contributed by atoms with Gasteiger partial charge in [0.1, 0.15) is 5.82 Å². The second-order valence-electron chi connectivity index (χ2n) is 11.2. The topological polar surface area (TPSA) is 64.3 Å². The molecule has 7 heteroatoms. The van der Waals surface area contributed by atoms with Crippen LogP contribution in [0.25, 0.3) is 17.0 Å². The van der Waals surface area contributed by atoms with Crippen molar-refractivity contribution < 1.29 is 4.79 Å². The van der Waals surface area contributed by atoms with Gasteiger partial charge in [-0.2, -0.15) is 6.20 Å². The van der Waals surface area contributed by atoms with E-state index < -0.39 is 0 Å². The van der Waals surface area contributed by atoms with Gasteiger partial charge in [-0.3, -0.25) is 0 Å². The summed E-state index contributed by atoms with van der Waals surface area (Å²) >= 11 is 6.52. The number of piperidine rings is 1. The van der Waals surface area contributed by atoms with Crippen molar-refractivity contribution in [2.45, 2.75) is 70.9 Å². The summed E-state index contributed by atoms with van der Waals surface area (Å²) < 4.78 is 2.19. The molecule has 1 saturated heterocycles. The van der Waals surface area contributed by atoms with Gasteiger partial charge in [-0.05, 0) is 79.4 Å². The third-order valence-corrected chi connectivity index (χ3v) is 8.95. The zero-order chi connectivity index (χ0) is 26.8. The van der Waals surface area contributed by atoms with Crippen molar-refractivity contribution in [3.63, 3.8) is 0 Å². The van der Waals surface area contributed by atoms with Gasteiger partial charge in [-0.25, -0.2) is 9.78 Å². The van der Waals surface area contributed by atoms with Crippen LogP contribution in [0, 0.1) is 12.8 Å². The molecule has 0 atom stereocenters. The molecule has 0 radical (unpaired) electrons. The van der Waals surface area contributed by atoms with E-state index in [2.05, 4.69) is 39.2 Å². The lowest BCUT2D eigenvalue weighted by Gasteiger charge is -2.39. The number of nitrogens with one attached hydrogen (secondary N) is 1. The van der Waals surface area contributed by atoms with E-state index in [1.807, 2.05) is 42.6 Å². The van der Waals surface area contributed by atoms with Crippen molar-refractivity contribution in [2.75, 3.05) is 13.1 Å². The molecule has 4 aliphatic rings. The molecule has 2 aromatic rings. The van der Waals surface area contributed by atoms with Crippen molar-refractivity contribution >= 4 is 29.3 Å². The van der Waals surface area contributed by atoms with Crippen LogP contribution in [0.4, 0.5) is 4.79 Å². The number of halogens is 1. The van der Waals surface area contributed by atoms with Gasteiger partial charge < -0.3 is 20.1 Å². The Kier molecular flexibility index (Phi) is 7.64. The van der Waals surface area contributed by atoms with E-state index >= 15 is 0 Å². The van der Waals surface area contributed by atoms with Gasteiger partial charge in [-0.15, -0.1) is 5.70 Å². The lowest BCUT2D eigenvalue weighted by molar-refractivity contribution is 0.172. The number of allylic oxidation sites excluding steroid dienone is 4. The zero-order valence-corrected chi connectivity index (χ0v) is 23.5. The molecule has 1 saturated carbocycles. The number of fused-ring (bicyclic) bond motifs is 2. The molecule has 0 bridgehead atoms. The summed E-state index contributed by atoms with van der Waals surface area (Å²) in [6.45, 7) is 4.42. The lowest BCUT2D eigenvalue weighted by Crippen LogP contribution is -2.48. The Balaban J connectivity index is 1.26. The number of aromatic nitrogens is 2. The summed E-state index contributed by atoms with van der Waals surface area (Å²) in [6.07, 6.45) is 21.0. The smallest absolute Gasteiger partial charge is 0.317 e. The number of urea groups is 1. The number of benzene rings is 1. The third-order valence-electron chi connectivity index (χ3n) is 8.71. The SMILES string of the molecule is Cc1nccn1CCC1=Cc2cc(Cl)ccc2C(C2CCN(C(=O)NC3CCCCC3)CC2)=C2[N-]C=CC=C12. The second-order valence-corrected chi connectivity index (χ2v) is 11.6. The molecule has 0 spiro atoms. The first-order valence-corrected chi connectivity index (χ1v) is 14.8. The molecule has 0 unspecified atom stereocenters. The van der Waals surface area contributed by atoms with Crippen LogP contribution in [-0.4, -0.2) is 39.6 Å². The number of amides is 2. The maximum absolute atomic E-state index is 13.0. The van der Waals surface area contributed by atoms with Crippen LogP contribution in [0.5, 0.6) is 0 Å². The predicted octanol–water partition coefficient (Wildman–Crippen LogP) is 7.63. The molecular formula is C32H37ClN5O-. The quantitative estimate of drug-likeness (QED) is 0.422. The molecule has 1 aromatic carbocycles. The summed E-state index contributed by atoms with van der Waals surface area (Å²) in [7, 11) is 0. The van der Waals surface area contributed by atoms with E-state index in [9.17, 15) is 4.79 Å². The Hall–Kier alpha value is -3.25. The molecule has 204 valence electrons. The second kappa shape index (κ2) is 11.5. The van der Waals surface area contributed by atoms with E-state index in [4.69, 9.17) is 16.9 Å². The summed E-state index contributed by atoms with van der Waals surface area (Å²) in [6, 6.07) is 6.67. The van der Waals surface area contributed by atoms with Crippen LogP contribution < -0.4 is 5.32 Å². The molecule has 1 N–H and O–H groups in total. The van der Waals surface area contributed by atoms with Gasteiger partial charge in [-0.1, -0.05) is 60.7 Å². The van der Waals surface area contributed by atoms with Crippen LogP contribution in [0.2, 0.25) is 5.02 Å². The van der Waals surface area contributed by atoms with Gasteiger partial charge in [0.15, 0.2) is 0 Å². The molecule has 6 nitrogen and oxygen atoms in total. The standard InChI is InChI=1S/C32H37ClN5O/c1-22-34-15-19-37(22)16-13-24-20-25-21-26(33)9-10-28(25)30(31-29(24)8-5-14-35-31)23-11-17-38(18-12-23)32(39)36-27-6-3-2-4-7-27/h5,8-10,14-15,19-21,23,27H,2-4,6-7,11-13,16-18H2,1H3,(H,36,39)/q-1. The molecule has 2 aliphatic heterocycles. The summed E-state index contributed by atoms with van der Waals surface area (Å²) in [5.41, 5.74) is 7.15. The Labute approximate surface area is 236 Å². The van der Waals surface area contributed by atoms with E-state index in [0.29, 0.717) is 12.0 Å². The number of carbonyl (C=O) groups excluding carboxylic acids is 1. The first-order valence-electron chi connectivity index (χ1n) is 14.4. The minimum atomic E-state index is 0.107. The molecular weight excluding hydrogens is 506 g/mol. The number of imidazole rings is 1. The molecule has 6 rings (SSSR count). The normalized spacial score (nSPS) is 20.0. The molecule has 3 heterocycles. The van der Waals surface area contributed by atoms with Crippen molar-refractivity contribution in [1.82, 2.24) is 19.8 Å². The fraction of sp³-hybridized carbons (Fsp3) is 0.438. The molecule has 1 aromatic heterocycles. The molecule has 2 fully saturated rings. The van der Waals surface area contributed by atoms with Crippen molar-refractivity contribution in [3.05, 3.63) is 93.1 Å². The highest BCUT2D eigenvalue weighted by Gasteiger charge is 2.30. The summed E-state index contributed by atoms with van der Waals surface area (Å²) in [4.78, 5) is 19.4. The number of nitrogens with zero attached hydrogens (tertiary/aromatic N) is 4. The van der Waals surface area contributed by atoms with Gasteiger partial charge >= 0.3 is 6.03 Å². The maximum Gasteiger partial charge on any atom is 0.317 e. The van der Waals surface area contributed by atoms with Gasteiger partial charge in [0.05, 0.1) is 0 Å². The number of hydrogen-bond acceptors (Lipinski definition) is 2. The zero-order valence-electron chi connectivity index (χ0n) is 22.7. The molecule has 39 heavy (non-hydrogen) atoms. The van der Waals surface area contributed by atoms with E-state index in [1.54, 1.807) is 0 Å². The average Bonchev–Trinajstić information content (AvgIpc) is 3.31. The Morgan fingerprint density at radius 3 is 2.74 bits per heavy atom. The summed E-state index contributed by atoms with van der Waals surface area (Å²) in [5.74, 6) is 1.34. The van der Waals surface area contributed by atoms with Gasteiger partial charge in [0, 0.05) is 43.1 Å². The maximum atomic E-state index is 13.0. The Morgan fingerprint density at radius 1 is 1.15 bits per heavy atom. The average molecular weight is 543 g/mol. The highest BCUT2D eigenvalue weighted by Crippen LogP contribution is 2.46. The highest BCUT2D eigenvalue weighted by atomic mass is 35.5. The van der Waals surface area contributed by atoms with Crippen LogP contribution in [0.1, 0.15) is 68.3 Å². The van der Waals surface area contributed by atoms with Gasteiger partial charge in [0.2, 0.25) is 0 Å². The Bertz CT molecular complexity index is 1350. The minimum absolute atomic E-state index is 0.107. The van der Waals surface area contributed by atoms with E-state index in [1.165, 1.54) is 41.5 Å². The number of rotatable bonds is 5. The van der Waals surface area contributed by atoms with Crippen LogP contribution in [0.3, 0.4) is 0 Å². The first-order chi connectivity index (χ1) is 19.1. The van der Waals surface area contributed by atoms with Gasteiger partial charge in [0.25, 0.3) is 0 Å². The summed E-state index contributed by atoms with van der Waals surface area (Å²) in [5, 5.41) is 9.02. The predicted molar refractivity (Wildman–Crippen MR) is 158 cm³/mol. The number of aryl methyl sites for hydroxylation is 2. The fourth-order valence-electron chi connectivity index (χ4n) is 6.56. The third kappa shape index (κ3) is 5.58. The minimum Gasteiger partial charge on any atom is -0.663 e. The number of likely N-dealkylation sites (tertiary alicyclic amines) is 1. The molecule has 2 amide bonds. The van der Waals surface area contributed by atoms with Crippen molar-refractivity contribution in [1.29, 1.82) is 0 Å². The Morgan fingerprint density at radius 2 is 1.97 bits per heavy atom. The molecule has 2 aliphatic carbocycles. The van der Waals surface area contributed by atoms with Crippen molar-refractivity contribution in [3.8, 4) is 0 Å². The lowest BCUT2D eigenvalue weighted by atomic mass is 9.81. The van der Waals surface area contributed by atoms with Crippen LogP contribution in [0.15, 0.2) is 65.8 Å². The highest BCUT2D eigenvalue weighted by molar-refractivity contribution is 6.30. The van der Waals surface area contributed by atoms with E-state index in [-0.39, 0.29) is 6.03 Å². The number of hydrogen-bond donors (Lipinski definition) is 1. The van der Waals surface area contributed by atoms with Crippen LogP contribution in [-0.2, 0) is 6.54 Å². The van der Waals surface area contributed by atoms with Crippen LogP contribution >= 0.6 is 11.6 Å². The largest absolute Gasteiger partial charge is 0.663 e. The first kappa shape index (κ1) is 26.0. The monoisotopic (exact) mass is 542 g/mol. The number of carbonyl (C=O) groups is 1. The fourth-order valence-corrected chi connectivity index (χ4v) is 6.74. The van der Waals surface area contributed by atoms with Crippen molar-refractivity contribution in [2.24, 2.45) is 5.92 Å². The van der Waals surface area contributed by atoms with E-state index in [0.717, 1.165) is 73.8 Å².